The van der Waals surface area contributed by atoms with Gasteiger partial charge in [0.2, 0.25) is 0 Å². The molecule has 0 unspecified atom stereocenters. The van der Waals surface area contributed by atoms with Gasteiger partial charge < -0.3 is 9.64 Å². The smallest absolute Gasteiger partial charge is 0.163 e. The van der Waals surface area contributed by atoms with Crippen molar-refractivity contribution in [3.8, 4) is 0 Å². The lowest BCUT2D eigenvalue weighted by Crippen LogP contribution is -2.38. The average Bonchev–Trinajstić information content (AvgIpc) is 2.48. The Morgan fingerprint density at radius 3 is 2.60 bits per heavy atom. The highest BCUT2D eigenvalue weighted by Crippen LogP contribution is 2.15. The van der Waals surface area contributed by atoms with Gasteiger partial charge in [-0.2, -0.15) is 0 Å². The summed E-state index contributed by atoms with van der Waals surface area (Å²) in [6.45, 7) is 3.14. The molecule has 108 valence electrons. The normalized spacial score (nSPS) is 15.2. The first-order valence-corrected chi connectivity index (χ1v) is 8.22. The van der Waals surface area contributed by atoms with Gasteiger partial charge in [0.25, 0.3) is 0 Å². The Balaban J connectivity index is 1.73. The van der Waals surface area contributed by atoms with E-state index in [1.165, 1.54) is 0 Å². The standard InChI is InChI=1S/C14H16ClNO2S2/c15-12-3-1-11(2-4-12)13(17)5-10-20-14(19)16-6-8-18-9-7-16/h1-4H,5-10H2. The molecule has 1 fully saturated rings. The summed E-state index contributed by atoms with van der Waals surface area (Å²) in [5, 5.41) is 0.643. The molecule has 0 spiro atoms. The molecule has 2 rings (SSSR count). The lowest BCUT2D eigenvalue weighted by Gasteiger charge is -2.28. The fraction of sp³-hybridized carbons (Fsp3) is 0.429. The predicted molar refractivity (Wildman–Crippen MR) is 87.8 cm³/mol. The number of hydrogen-bond donors (Lipinski definition) is 0. The molecule has 1 aromatic rings. The number of nitrogens with zero attached hydrogens (tertiary/aromatic N) is 1. The molecule has 0 bridgehead atoms. The second kappa shape index (κ2) is 7.98. The Hall–Kier alpha value is -0.620. The predicted octanol–water partition coefficient (Wildman–Crippen LogP) is 3.26. The molecule has 0 radical (unpaired) electrons. The van der Waals surface area contributed by atoms with Crippen LogP contribution in [0.25, 0.3) is 0 Å². The van der Waals surface area contributed by atoms with Gasteiger partial charge in [-0.25, -0.2) is 0 Å². The molecule has 0 aromatic heterocycles. The summed E-state index contributed by atoms with van der Waals surface area (Å²) in [5.74, 6) is 0.830. The lowest BCUT2D eigenvalue weighted by atomic mass is 10.1. The Morgan fingerprint density at radius 1 is 1.30 bits per heavy atom. The average molecular weight is 330 g/mol. The van der Waals surface area contributed by atoms with Crippen molar-refractivity contribution in [3.63, 3.8) is 0 Å². The topological polar surface area (TPSA) is 29.5 Å². The van der Waals surface area contributed by atoms with Crippen LogP contribution in [0.2, 0.25) is 5.02 Å². The molecular formula is C14H16ClNO2S2. The van der Waals surface area contributed by atoms with Crippen molar-refractivity contribution in [2.24, 2.45) is 0 Å². The Labute approximate surface area is 133 Å². The number of ether oxygens (including phenoxy) is 1. The molecule has 20 heavy (non-hydrogen) atoms. The van der Waals surface area contributed by atoms with Gasteiger partial charge >= 0.3 is 0 Å². The minimum absolute atomic E-state index is 0.124. The molecule has 6 heteroatoms. The number of carbonyl (C=O) groups is 1. The molecule has 1 aliphatic rings. The summed E-state index contributed by atoms with van der Waals surface area (Å²) < 4.78 is 6.14. The minimum atomic E-state index is 0.124. The fourth-order valence-corrected chi connectivity index (χ4v) is 3.23. The maximum atomic E-state index is 12.0. The van der Waals surface area contributed by atoms with E-state index in [2.05, 4.69) is 4.90 Å². The highest BCUT2D eigenvalue weighted by atomic mass is 35.5. The van der Waals surface area contributed by atoms with Gasteiger partial charge in [0, 0.05) is 35.8 Å². The zero-order valence-corrected chi connectivity index (χ0v) is 13.4. The van der Waals surface area contributed by atoms with E-state index in [0.29, 0.717) is 22.8 Å². The summed E-state index contributed by atoms with van der Waals surface area (Å²) in [6.07, 6.45) is 0.483. The van der Waals surface area contributed by atoms with Gasteiger partial charge in [0.1, 0.15) is 4.32 Å². The molecule has 0 N–H and O–H groups in total. The highest BCUT2D eigenvalue weighted by Gasteiger charge is 2.14. The number of hydrogen-bond acceptors (Lipinski definition) is 4. The summed E-state index contributed by atoms with van der Waals surface area (Å²) in [5.41, 5.74) is 0.701. The van der Waals surface area contributed by atoms with Crippen LogP contribution in [0.15, 0.2) is 24.3 Å². The maximum Gasteiger partial charge on any atom is 0.163 e. The number of thioether (sulfide) groups is 1. The van der Waals surface area contributed by atoms with Crippen LogP contribution in [0.4, 0.5) is 0 Å². The van der Waals surface area contributed by atoms with E-state index in [-0.39, 0.29) is 5.78 Å². The summed E-state index contributed by atoms with van der Waals surface area (Å²) >= 11 is 12.7. The van der Waals surface area contributed by atoms with Crippen LogP contribution in [0.1, 0.15) is 16.8 Å². The van der Waals surface area contributed by atoms with E-state index < -0.39 is 0 Å². The number of halogens is 1. The quantitative estimate of drug-likeness (QED) is 0.625. The zero-order valence-electron chi connectivity index (χ0n) is 11.0. The molecule has 1 aliphatic heterocycles. The number of Topliss-reactive ketones (excluding diaryl/α,β-unsaturated/α-hetero) is 1. The monoisotopic (exact) mass is 329 g/mol. The molecule has 0 atom stereocenters. The van der Waals surface area contributed by atoms with Gasteiger partial charge in [-0.3, -0.25) is 4.79 Å². The molecule has 1 heterocycles. The van der Waals surface area contributed by atoms with E-state index in [0.717, 1.165) is 30.6 Å². The van der Waals surface area contributed by atoms with Gasteiger partial charge in [-0.05, 0) is 24.3 Å². The van der Waals surface area contributed by atoms with Gasteiger partial charge in [0.05, 0.1) is 13.2 Å². The van der Waals surface area contributed by atoms with Gasteiger partial charge in [-0.1, -0.05) is 35.6 Å². The SMILES string of the molecule is O=C(CCSC(=S)N1CCOCC1)c1ccc(Cl)cc1. The molecule has 1 saturated heterocycles. The molecule has 0 aliphatic carbocycles. The summed E-state index contributed by atoms with van der Waals surface area (Å²) in [7, 11) is 0. The molecule has 1 aromatic carbocycles. The van der Waals surface area contributed by atoms with Crippen LogP contribution in [0.3, 0.4) is 0 Å². The first-order valence-electron chi connectivity index (χ1n) is 6.45. The first kappa shape index (κ1) is 15.8. The third kappa shape index (κ3) is 4.74. The summed E-state index contributed by atoms with van der Waals surface area (Å²) in [4.78, 5) is 14.1. The van der Waals surface area contributed by atoms with Gasteiger partial charge in [-0.15, -0.1) is 0 Å². The Morgan fingerprint density at radius 2 is 1.95 bits per heavy atom. The highest BCUT2D eigenvalue weighted by molar-refractivity contribution is 8.22. The second-order valence-corrected chi connectivity index (χ2v) is 6.56. The number of rotatable bonds is 4. The number of carbonyl (C=O) groups excluding carboxylic acids is 1. The van der Waals surface area contributed by atoms with Crippen LogP contribution in [0.5, 0.6) is 0 Å². The van der Waals surface area contributed by atoms with Crippen molar-refractivity contribution >= 4 is 45.7 Å². The van der Waals surface area contributed by atoms with Crippen LogP contribution < -0.4 is 0 Å². The first-order chi connectivity index (χ1) is 9.66. The van der Waals surface area contributed by atoms with Crippen molar-refractivity contribution < 1.29 is 9.53 Å². The van der Waals surface area contributed by atoms with Crippen LogP contribution in [-0.4, -0.2) is 47.1 Å². The number of ketones is 1. The van der Waals surface area contributed by atoms with Crippen LogP contribution >= 0.6 is 35.6 Å². The van der Waals surface area contributed by atoms with E-state index in [1.807, 2.05) is 0 Å². The molecule has 0 amide bonds. The van der Waals surface area contributed by atoms with E-state index >= 15 is 0 Å². The molecular weight excluding hydrogens is 314 g/mol. The summed E-state index contributed by atoms with van der Waals surface area (Å²) in [6, 6.07) is 6.99. The maximum absolute atomic E-state index is 12.0. The van der Waals surface area contributed by atoms with Crippen molar-refractivity contribution in [2.45, 2.75) is 6.42 Å². The largest absolute Gasteiger partial charge is 0.378 e. The lowest BCUT2D eigenvalue weighted by molar-refractivity contribution is 0.0702. The number of benzene rings is 1. The minimum Gasteiger partial charge on any atom is -0.378 e. The van der Waals surface area contributed by atoms with Crippen molar-refractivity contribution in [1.29, 1.82) is 0 Å². The van der Waals surface area contributed by atoms with E-state index in [1.54, 1.807) is 36.0 Å². The van der Waals surface area contributed by atoms with Crippen molar-refractivity contribution in [2.75, 3.05) is 32.1 Å². The second-order valence-electron chi connectivity index (χ2n) is 4.39. The van der Waals surface area contributed by atoms with E-state index in [9.17, 15) is 4.79 Å². The zero-order chi connectivity index (χ0) is 14.4. The number of morpholine rings is 1. The van der Waals surface area contributed by atoms with Crippen LogP contribution in [-0.2, 0) is 4.74 Å². The number of thiocarbonyl (C=S) groups is 1. The van der Waals surface area contributed by atoms with Crippen LogP contribution in [0, 0.1) is 0 Å². The van der Waals surface area contributed by atoms with Gasteiger partial charge in [0.15, 0.2) is 5.78 Å². The third-order valence-corrected chi connectivity index (χ3v) is 4.77. The Kier molecular flexibility index (Phi) is 6.29. The van der Waals surface area contributed by atoms with E-state index in [4.69, 9.17) is 28.6 Å². The van der Waals surface area contributed by atoms with Crippen molar-refractivity contribution in [1.82, 2.24) is 4.90 Å². The third-order valence-electron chi connectivity index (χ3n) is 2.99. The van der Waals surface area contributed by atoms with Crippen molar-refractivity contribution in [3.05, 3.63) is 34.9 Å². The fourth-order valence-electron chi connectivity index (χ4n) is 1.85. The Bertz CT molecular complexity index is 473. The molecule has 3 nitrogen and oxygen atoms in total. The molecule has 0 saturated carbocycles.